The number of anilines is 4. The van der Waals surface area contributed by atoms with Crippen molar-refractivity contribution in [3.8, 4) is 11.8 Å². The molecule has 0 radical (unpaired) electrons. The molecule has 8 rings (SSSR count). The van der Waals surface area contributed by atoms with Crippen LogP contribution >= 0.6 is 34.8 Å². The van der Waals surface area contributed by atoms with Crippen LogP contribution in [0.1, 0.15) is 59.6 Å². The Labute approximate surface area is 446 Å². The molecule has 2 aromatic heterocycles. The van der Waals surface area contributed by atoms with Gasteiger partial charge in [-0.2, -0.15) is 0 Å². The predicted octanol–water partition coefficient (Wildman–Crippen LogP) is 11.4. The number of benzene rings is 2. The fourth-order valence-electron chi connectivity index (χ4n) is 8.49. The van der Waals surface area contributed by atoms with Crippen molar-refractivity contribution >= 4 is 86.8 Å². The molecule has 4 aliphatic rings. The summed E-state index contributed by atoms with van der Waals surface area (Å²) < 4.78 is 39.6. The first-order chi connectivity index (χ1) is 35.1. The highest BCUT2D eigenvalue weighted by Crippen LogP contribution is 2.38. The van der Waals surface area contributed by atoms with E-state index in [0.29, 0.717) is 109 Å². The molecule has 4 aliphatic heterocycles. The number of likely N-dealkylation sites (tertiary alicyclic amines) is 2. The topological polar surface area (TPSA) is 207 Å². The molecule has 0 spiro atoms. The number of aromatic nitrogens is 4. The van der Waals surface area contributed by atoms with Gasteiger partial charge in [0.2, 0.25) is 11.8 Å². The number of fused-ring (bicyclic) bond motifs is 4. The van der Waals surface area contributed by atoms with Crippen LogP contribution in [0.25, 0.3) is 9.69 Å². The van der Waals surface area contributed by atoms with Crippen LogP contribution in [0.4, 0.5) is 48.8 Å². The molecule has 2 N–H and O–H groups in total. The van der Waals surface area contributed by atoms with E-state index in [1.807, 2.05) is 48.5 Å². The van der Waals surface area contributed by atoms with Crippen molar-refractivity contribution in [2.24, 2.45) is 23.7 Å². The summed E-state index contributed by atoms with van der Waals surface area (Å²) in [6.45, 7) is 34.7. The van der Waals surface area contributed by atoms with E-state index in [9.17, 15) is 14.4 Å². The Morgan fingerprint density at radius 3 is 1.38 bits per heavy atom. The number of carbonyl (C=O) groups is 3. The molecule has 6 heterocycles. The normalized spacial score (nSPS) is 20.8. The highest BCUT2D eigenvalue weighted by atomic mass is 35.5. The molecular weight excluding hydrogens is 1020 g/mol. The Kier molecular flexibility index (Phi) is 19.7. The first-order valence-electron chi connectivity index (χ1n) is 23.9. The highest BCUT2D eigenvalue weighted by Gasteiger charge is 2.46. The molecule has 4 unspecified atom stereocenters. The van der Waals surface area contributed by atoms with Gasteiger partial charge < -0.3 is 53.6 Å². The van der Waals surface area contributed by atoms with Crippen LogP contribution < -0.4 is 20.1 Å². The van der Waals surface area contributed by atoms with Gasteiger partial charge in [0.05, 0.1) is 84.3 Å². The second-order valence-electron chi connectivity index (χ2n) is 19.5. The molecule has 23 heteroatoms. The van der Waals surface area contributed by atoms with E-state index >= 15 is 0 Å². The molecule has 4 aromatic rings. The summed E-state index contributed by atoms with van der Waals surface area (Å²) in [5, 5.41) is 7.26. The van der Waals surface area contributed by atoms with Crippen molar-refractivity contribution in [3.63, 3.8) is 0 Å². The summed E-state index contributed by atoms with van der Waals surface area (Å²) in [5.41, 5.74) is 2.39. The zero-order chi connectivity index (χ0) is 53.9. The quantitative estimate of drug-likeness (QED) is 0.0860. The van der Waals surface area contributed by atoms with Crippen LogP contribution in [0.15, 0.2) is 49.1 Å². The third kappa shape index (κ3) is 15.6. The number of nitrogens with one attached hydrogen (secondary N) is 2. The summed E-state index contributed by atoms with van der Waals surface area (Å²) in [6.07, 6.45) is 1.72. The van der Waals surface area contributed by atoms with E-state index in [1.54, 1.807) is 60.0 Å². The summed E-state index contributed by atoms with van der Waals surface area (Å²) >= 11 is 17.4. The van der Waals surface area contributed by atoms with Gasteiger partial charge in [0.1, 0.15) is 42.1 Å². The van der Waals surface area contributed by atoms with Gasteiger partial charge in [-0.15, -0.1) is 0 Å². The maximum atomic E-state index is 12.6. The van der Waals surface area contributed by atoms with E-state index in [4.69, 9.17) is 76.4 Å². The first kappa shape index (κ1) is 56.9. The van der Waals surface area contributed by atoms with Gasteiger partial charge in [-0.05, 0) is 86.6 Å². The molecule has 4 bridgehead atoms. The van der Waals surface area contributed by atoms with Gasteiger partial charge in [-0.1, -0.05) is 35.3 Å². The maximum absolute atomic E-state index is 12.6. The van der Waals surface area contributed by atoms with Gasteiger partial charge in [-0.25, -0.2) is 44.0 Å². The third-order valence-corrected chi connectivity index (χ3v) is 12.5. The largest absolute Gasteiger partial charge is 0.473 e. The Hall–Kier alpha value is -6.42. The zero-order valence-electron chi connectivity index (χ0n) is 42.7. The van der Waals surface area contributed by atoms with Crippen molar-refractivity contribution in [1.82, 2.24) is 29.7 Å². The van der Waals surface area contributed by atoms with Crippen molar-refractivity contribution in [3.05, 3.63) is 93.1 Å². The van der Waals surface area contributed by atoms with E-state index in [1.165, 1.54) is 12.7 Å². The molecule has 4 atom stereocenters. The number of hydrogen-bond acceptors (Lipinski definition) is 16. The smallest absolute Gasteiger partial charge is 0.410 e. The van der Waals surface area contributed by atoms with Gasteiger partial charge in [0.15, 0.2) is 11.4 Å². The molecule has 74 heavy (non-hydrogen) atoms. The van der Waals surface area contributed by atoms with Gasteiger partial charge >= 0.3 is 17.6 Å². The minimum Gasteiger partial charge on any atom is -0.473 e. The van der Waals surface area contributed by atoms with Gasteiger partial charge in [0, 0.05) is 61.5 Å². The van der Waals surface area contributed by atoms with Crippen LogP contribution in [0.3, 0.4) is 0 Å². The van der Waals surface area contributed by atoms with Crippen molar-refractivity contribution < 1.29 is 47.5 Å². The Bertz CT molecular complexity index is 2690. The maximum Gasteiger partial charge on any atom is 0.410 e. The van der Waals surface area contributed by atoms with E-state index in [2.05, 4.69) is 45.0 Å². The van der Waals surface area contributed by atoms with Gasteiger partial charge in [0.25, 0.3) is 0 Å². The standard InChI is InChI=1S/C24H28ClN5O4.C23H26ClN5O4.C4H7ClO2/c1-14-21(29-19-7-6-17(26-5)8-18(19)25)27-13-28-22(14)33-20-15-9-30(10-16(20)12-32-11-15)23(31)34-24(2,3)4;1-13(2)32-23(30)29-8-15-10-31-11-16(9-29)20(15)33-22-14(3)21(26-12-27-22)28-19-6-5-17(25-4)7-18(19)24;1-3(2)7-4(5)6/h6-8,13,15-16,20H,9-12H2,1-4H3,(H,27,28,29);5-7,12-13,15-16,20H,8-11H2,1-3H3,(H,26,27,28);3H,1-2H3. The molecule has 4 saturated heterocycles. The van der Waals surface area contributed by atoms with Crippen LogP contribution in [-0.2, 0) is 23.7 Å². The second-order valence-corrected chi connectivity index (χ2v) is 20.6. The molecule has 20 nitrogen and oxygen atoms in total. The average molecular weight is 1080 g/mol. The Morgan fingerprint density at radius 1 is 0.662 bits per heavy atom. The molecule has 4 fully saturated rings. The lowest BCUT2D eigenvalue weighted by Gasteiger charge is -2.46. The minimum absolute atomic E-state index is 0.00130. The average Bonchev–Trinajstić information content (AvgIpc) is 3.31. The number of amides is 2. The van der Waals surface area contributed by atoms with Crippen molar-refractivity contribution in [2.45, 2.75) is 92.3 Å². The van der Waals surface area contributed by atoms with Gasteiger partial charge in [-0.3, -0.25) is 0 Å². The minimum atomic E-state index is -0.741. The monoisotopic (exact) mass is 1080 g/mol. The summed E-state index contributed by atoms with van der Waals surface area (Å²) in [6, 6.07) is 10.1. The fourth-order valence-corrected chi connectivity index (χ4v) is 9.11. The summed E-state index contributed by atoms with van der Waals surface area (Å²) in [5.74, 6) is 2.10. The van der Waals surface area contributed by atoms with Crippen molar-refractivity contribution in [1.29, 1.82) is 0 Å². The predicted molar refractivity (Wildman–Crippen MR) is 278 cm³/mol. The van der Waals surface area contributed by atoms with E-state index in [0.717, 1.165) is 11.1 Å². The molecule has 396 valence electrons. The number of ether oxygens (including phenoxy) is 7. The number of halogens is 3. The highest BCUT2D eigenvalue weighted by molar-refractivity contribution is 6.61. The third-order valence-electron chi connectivity index (χ3n) is 11.8. The lowest BCUT2D eigenvalue weighted by Crippen LogP contribution is -2.59. The number of carbonyl (C=O) groups excluding carboxylic acids is 3. The van der Waals surface area contributed by atoms with Crippen molar-refractivity contribution in [2.75, 3.05) is 63.2 Å². The SMILES string of the molecule is CC(C)OC(=O)Cl.[C-]#[N+]c1ccc(Nc2ncnc(OC3C4COCC3CN(C(=O)OC(C)(C)C)C4)c2C)c(Cl)c1.[C-]#[N+]c1ccc(Nc2ncnc(OC3C4COCC3CN(C(=O)OC(C)C)C4)c2C)c(Cl)c1. The number of nitrogens with zero attached hydrogens (tertiary/aromatic N) is 8. The molecule has 2 aromatic carbocycles. The van der Waals surface area contributed by atoms with Crippen LogP contribution in [0, 0.1) is 50.7 Å². The summed E-state index contributed by atoms with van der Waals surface area (Å²) in [4.78, 5) is 62.5. The molecule has 0 saturated carbocycles. The number of piperidine rings is 2. The Morgan fingerprint density at radius 2 is 1.05 bits per heavy atom. The van der Waals surface area contributed by atoms with E-state index in [-0.39, 0.29) is 60.3 Å². The van der Waals surface area contributed by atoms with Crippen LogP contribution in [0.5, 0.6) is 11.8 Å². The fraction of sp³-hybridized carbons (Fsp3) is 0.510. The molecule has 0 aliphatic carbocycles. The zero-order valence-corrected chi connectivity index (χ0v) is 45.0. The number of hydrogen-bond donors (Lipinski definition) is 2. The lowest BCUT2D eigenvalue weighted by molar-refractivity contribution is -0.113. The molecular formula is C51H61Cl3N10O10. The first-order valence-corrected chi connectivity index (χ1v) is 25.1. The number of rotatable bonds is 10. The molecule has 2 amide bonds. The Balaban J connectivity index is 0.000000214. The summed E-state index contributed by atoms with van der Waals surface area (Å²) in [7, 11) is 0. The lowest BCUT2D eigenvalue weighted by atomic mass is 9.84. The van der Waals surface area contributed by atoms with E-state index < -0.39 is 11.0 Å². The van der Waals surface area contributed by atoms with Crippen LogP contribution in [0.2, 0.25) is 10.0 Å². The second kappa shape index (κ2) is 25.7. The van der Waals surface area contributed by atoms with Crippen LogP contribution in [-0.4, -0.2) is 130 Å².